The van der Waals surface area contributed by atoms with Gasteiger partial charge < -0.3 is 0 Å². The van der Waals surface area contributed by atoms with E-state index in [2.05, 4.69) is 131 Å². The van der Waals surface area contributed by atoms with Gasteiger partial charge in [-0.3, -0.25) is 9.68 Å². The molecule has 0 saturated carbocycles. The predicted molar refractivity (Wildman–Crippen MR) is 128 cm³/mol. The molecule has 0 amide bonds. The van der Waals surface area contributed by atoms with Crippen molar-refractivity contribution in [1.29, 1.82) is 0 Å². The number of hydrogen-bond donors (Lipinski definition) is 0. The SMILES string of the molecule is CC(ON(C(C)(C)C)C(C)(C)C)c1ccc(C(C)ON(C(C)(C)C)C(C)(C)C)cc1. The lowest BCUT2D eigenvalue weighted by Gasteiger charge is -2.45. The van der Waals surface area contributed by atoms with Crippen molar-refractivity contribution in [2.75, 3.05) is 0 Å². The molecule has 2 atom stereocenters. The average molecular weight is 421 g/mol. The van der Waals surface area contributed by atoms with Crippen molar-refractivity contribution < 1.29 is 9.68 Å². The Morgan fingerprint density at radius 3 is 0.867 bits per heavy atom. The number of hydrogen-bond acceptors (Lipinski definition) is 4. The van der Waals surface area contributed by atoms with E-state index in [1.807, 2.05) is 0 Å². The van der Waals surface area contributed by atoms with Gasteiger partial charge in [-0.25, -0.2) is 0 Å². The highest BCUT2D eigenvalue weighted by Crippen LogP contribution is 2.32. The molecule has 0 heterocycles. The molecule has 1 aromatic carbocycles. The highest BCUT2D eigenvalue weighted by atomic mass is 16.7. The van der Waals surface area contributed by atoms with E-state index in [4.69, 9.17) is 9.68 Å². The van der Waals surface area contributed by atoms with Gasteiger partial charge in [-0.1, -0.05) is 24.3 Å². The third-order valence-corrected chi connectivity index (χ3v) is 4.84. The summed E-state index contributed by atoms with van der Waals surface area (Å²) in [4.78, 5) is 12.8. The van der Waals surface area contributed by atoms with E-state index in [1.54, 1.807) is 0 Å². The lowest BCUT2D eigenvalue weighted by atomic mass is 9.99. The third kappa shape index (κ3) is 7.64. The van der Waals surface area contributed by atoms with Gasteiger partial charge in [0.15, 0.2) is 0 Å². The van der Waals surface area contributed by atoms with Crippen molar-refractivity contribution in [1.82, 2.24) is 10.1 Å². The van der Waals surface area contributed by atoms with Crippen molar-refractivity contribution in [2.24, 2.45) is 0 Å². The van der Waals surface area contributed by atoms with Gasteiger partial charge in [-0.2, -0.15) is 10.1 Å². The number of benzene rings is 1. The Balaban J connectivity index is 2.97. The first kappa shape index (κ1) is 27.1. The second-order valence-corrected chi connectivity index (χ2v) is 12.4. The molecule has 1 rings (SSSR count). The smallest absolute Gasteiger partial charge is 0.102 e. The van der Waals surface area contributed by atoms with Crippen LogP contribution in [-0.4, -0.2) is 32.3 Å². The first-order chi connectivity index (χ1) is 13.2. The molecule has 2 unspecified atom stereocenters. The van der Waals surface area contributed by atoms with Crippen molar-refractivity contribution in [3.63, 3.8) is 0 Å². The summed E-state index contributed by atoms with van der Waals surface area (Å²) in [5.74, 6) is 0. The summed E-state index contributed by atoms with van der Waals surface area (Å²) in [6.07, 6.45) is -0.0660. The van der Waals surface area contributed by atoms with Crippen LogP contribution in [0, 0.1) is 0 Å². The zero-order valence-corrected chi connectivity index (χ0v) is 22.2. The summed E-state index contributed by atoms with van der Waals surface area (Å²) < 4.78 is 0. The Bertz CT molecular complexity index is 568. The van der Waals surface area contributed by atoms with Gasteiger partial charge in [-0.15, -0.1) is 0 Å². The molecule has 0 aliphatic rings. The monoisotopic (exact) mass is 420 g/mol. The molecule has 0 N–H and O–H groups in total. The van der Waals surface area contributed by atoms with Crippen LogP contribution < -0.4 is 0 Å². The third-order valence-electron chi connectivity index (χ3n) is 4.84. The van der Waals surface area contributed by atoms with Gasteiger partial charge in [0.05, 0.1) is 0 Å². The molecule has 4 nitrogen and oxygen atoms in total. The predicted octanol–water partition coefficient (Wildman–Crippen LogP) is 7.47. The summed E-state index contributed by atoms with van der Waals surface area (Å²) in [6, 6.07) is 8.62. The van der Waals surface area contributed by atoms with Crippen molar-refractivity contribution >= 4 is 0 Å². The van der Waals surface area contributed by atoms with Gasteiger partial charge in [0, 0.05) is 22.2 Å². The standard InChI is InChI=1S/C26H48N2O2/c1-19(29-27(23(3,4)5)24(6,7)8)21-15-17-22(18-16-21)20(2)30-28(25(9,10)11)26(12,13)14/h15-20H,1-14H3. The molecule has 0 aliphatic heterocycles. The van der Waals surface area contributed by atoms with E-state index in [9.17, 15) is 0 Å². The van der Waals surface area contributed by atoms with Crippen LogP contribution in [0.3, 0.4) is 0 Å². The molecule has 30 heavy (non-hydrogen) atoms. The van der Waals surface area contributed by atoms with E-state index < -0.39 is 0 Å². The average Bonchev–Trinajstić information content (AvgIpc) is 2.53. The van der Waals surface area contributed by atoms with Crippen molar-refractivity contribution in [2.45, 2.75) is 131 Å². The fraction of sp³-hybridized carbons (Fsp3) is 0.769. The minimum atomic E-state index is -0.0851. The van der Waals surface area contributed by atoms with Crippen LogP contribution in [0.4, 0.5) is 0 Å². The number of rotatable bonds is 6. The Kier molecular flexibility index (Phi) is 8.38. The van der Waals surface area contributed by atoms with Gasteiger partial charge in [0.25, 0.3) is 0 Å². The molecular weight excluding hydrogens is 372 g/mol. The maximum atomic E-state index is 6.41. The fourth-order valence-electron chi connectivity index (χ4n) is 4.12. The maximum Gasteiger partial charge on any atom is 0.102 e. The molecular formula is C26H48N2O2. The van der Waals surface area contributed by atoms with Crippen LogP contribution >= 0.6 is 0 Å². The Morgan fingerprint density at radius 1 is 0.500 bits per heavy atom. The summed E-state index contributed by atoms with van der Waals surface area (Å²) in [5, 5.41) is 4.21. The Labute approximate surface area is 186 Å². The second-order valence-electron chi connectivity index (χ2n) is 12.4. The van der Waals surface area contributed by atoms with E-state index in [0.717, 1.165) is 11.1 Å². The summed E-state index contributed by atoms with van der Waals surface area (Å²) in [6.45, 7) is 30.4. The summed E-state index contributed by atoms with van der Waals surface area (Å²) in [7, 11) is 0. The molecule has 0 spiro atoms. The highest BCUT2D eigenvalue weighted by molar-refractivity contribution is 5.25. The number of nitrogens with zero attached hydrogens (tertiary/aromatic N) is 2. The lowest BCUT2D eigenvalue weighted by molar-refractivity contribution is -0.283. The first-order valence-corrected chi connectivity index (χ1v) is 11.3. The summed E-state index contributed by atoms with van der Waals surface area (Å²) >= 11 is 0. The van der Waals surface area contributed by atoms with E-state index >= 15 is 0 Å². The molecule has 0 radical (unpaired) electrons. The van der Waals surface area contributed by atoms with Gasteiger partial charge in [0.2, 0.25) is 0 Å². The van der Waals surface area contributed by atoms with Crippen LogP contribution in [0.5, 0.6) is 0 Å². The number of hydroxylamine groups is 4. The second kappa shape index (κ2) is 9.28. The highest BCUT2D eigenvalue weighted by Gasteiger charge is 2.35. The minimum Gasteiger partial charge on any atom is -0.290 e. The molecule has 1 aromatic rings. The van der Waals surface area contributed by atoms with Gasteiger partial charge >= 0.3 is 0 Å². The largest absolute Gasteiger partial charge is 0.290 e. The molecule has 174 valence electrons. The van der Waals surface area contributed by atoms with Crippen molar-refractivity contribution in [3.8, 4) is 0 Å². The Morgan fingerprint density at radius 2 is 0.700 bits per heavy atom. The molecule has 4 heteroatoms. The molecule has 0 aromatic heterocycles. The molecule has 0 fully saturated rings. The maximum absolute atomic E-state index is 6.41. The zero-order valence-electron chi connectivity index (χ0n) is 22.2. The van der Waals surface area contributed by atoms with Crippen LogP contribution in [0.15, 0.2) is 24.3 Å². The van der Waals surface area contributed by atoms with Crippen LogP contribution in [0.25, 0.3) is 0 Å². The van der Waals surface area contributed by atoms with E-state index in [-0.39, 0.29) is 34.4 Å². The van der Waals surface area contributed by atoms with Crippen LogP contribution in [0.2, 0.25) is 0 Å². The normalized spacial score (nSPS) is 16.3. The van der Waals surface area contributed by atoms with E-state index in [0.29, 0.717) is 0 Å². The van der Waals surface area contributed by atoms with Crippen LogP contribution in [-0.2, 0) is 9.68 Å². The molecule has 0 bridgehead atoms. The lowest BCUT2D eigenvalue weighted by Crippen LogP contribution is -2.52. The molecule has 0 saturated heterocycles. The quantitative estimate of drug-likeness (QED) is 0.446. The fourth-order valence-corrected chi connectivity index (χ4v) is 4.12. The van der Waals surface area contributed by atoms with Gasteiger partial charge in [-0.05, 0) is 108 Å². The topological polar surface area (TPSA) is 24.9 Å². The minimum absolute atomic E-state index is 0.0330. The van der Waals surface area contributed by atoms with Gasteiger partial charge in [0.1, 0.15) is 12.2 Å². The van der Waals surface area contributed by atoms with E-state index in [1.165, 1.54) is 0 Å². The van der Waals surface area contributed by atoms with Crippen LogP contribution in [0.1, 0.15) is 120 Å². The zero-order chi connectivity index (χ0) is 23.7. The van der Waals surface area contributed by atoms with Crippen molar-refractivity contribution in [3.05, 3.63) is 35.4 Å². The first-order valence-electron chi connectivity index (χ1n) is 11.3. The molecule has 0 aliphatic carbocycles. The Hall–Kier alpha value is -0.940. The summed E-state index contributed by atoms with van der Waals surface area (Å²) in [5.41, 5.74) is 1.98.